The highest BCUT2D eigenvalue weighted by molar-refractivity contribution is 6.30. The van der Waals surface area contributed by atoms with E-state index in [1.807, 2.05) is 36.4 Å². The predicted molar refractivity (Wildman–Crippen MR) is 119 cm³/mol. The summed E-state index contributed by atoms with van der Waals surface area (Å²) in [5.41, 5.74) is 6.44. The molecule has 1 aliphatic rings. The van der Waals surface area contributed by atoms with Crippen molar-refractivity contribution in [2.45, 2.75) is 52.1 Å². The van der Waals surface area contributed by atoms with Crippen molar-refractivity contribution >= 4 is 23.2 Å². The molecule has 1 amide bonds. The summed E-state index contributed by atoms with van der Waals surface area (Å²) in [5.74, 6) is 0.272. The van der Waals surface area contributed by atoms with Gasteiger partial charge in [-0.2, -0.15) is 5.10 Å². The van der Waals surface area contributed by atoms with Crippen LogP contribution in [0, 0.1) is 0 Å². The van der Waals surface area contributed by atoms with E-state index < -0.39 is 0 Å². The Bertz CT molecular complexity index is 888. The van der Waals surface area contributed by atoms with E-state index in [4.69, 9.17) is 16.3 Å². The average molecular weight is 411 g/mol. The highest BCUT2D eigenvalue weighted by Gasteiger charge is 2.15. The van der Waals surface area contributed by atoms with Crippen molar-refractivity contribution in [1.82, 2.24) is 5.43 Å². The first-order chi connectivity index (χ1) is 14.2. The van der Waals surface area contributed by atoms with Gasteiger partial charge in [0.2, 0.25) is 0 Å². The summed E-state index contributed by atoms with van der Waals surface area (Å²) in [6.45, 7) is 2.56. The summed E-state index contributed by atoms with van der Waals surface area (Å²) in [6, 6.07) is 14.7. The SMILES string of the molecule is CCCCCC1=CCC/C1=N\NC(=O)c1ccccc1OCc1ccc(Cl)cc1. The molecular formula is C24H27ClN2O2. The maximum absolute atomic E-state index is 12.7. The Morgan fingerprint density at radius 1 is 1.14 bits per heavy atom. The molecule has 1 aliphatic carbocycles. The number of para-hydroxylation sites is 1. The van der Waals surface area contributed by atoms with Crippen molar-refractivity contribution in [3.05, 3.63) is 76.3 Å². The second-order valence-electron chi connectivity index (χ2n) is 7.14. The Balaban J connectivity index is 1.62. The Kier molecular flexibility index (Phi) is 7.88. The van der Waals surface area contributed by atoms with Crippen LogP contribution in [0.15, 0.2) is 65.3 Å². The minimum absolute atomic E-state index is 0.260. The molecule has 0 spiro atoms. The Morgan fingerprint density at radius 2 is 1.93 bits per heavy atom. The molecular weight excluding hydrogens is 384 g/mol. The second-order valence-corrected chi connectivity index (χ2v) is 7.57. The maximum atomic E-state index is 12.7. The highest BCUT2D eigenvalue weighted by atomic mass is 35.5. The number of rotatable bonds is 9. The third kappa shape index (κ3) is 6.20. The zero-order valence-electron chi connectivity index (χ0n) is 16.8. The number of unbranched alkanes of at least 4 members (excludes halogenated alkanes) is 2. The summed E-state index contributed by atoms with van der Waals surface area (Å²) >= 11 is 5.92. The third-order valence-electron chi connectivity index (χ3n) is 4.92. The number of carbonyl (C=O) groups is 1. The van der Waals surface area contributed by atoms with Crippen molar-refractivity contribution < 1.29 is 9.53 Å². The van der Waals surface area contributed by atoms with E-state index in [2.05, 4.69) is 23.5 Å². The number of nitrogens with zero attached hydrogens (tertiary/aromatic N) is 1. The number of allylic oxidation sites excluding steroid dienone is 2. The lowest BCUT2D eigenvalue weighted by Crippen LogP contribution is -2.20. The van der Waals surface area contributed by atoms with E-state index in [1.165, 1.54) is 18.4 Å². The van der Waals surface area contributed by atoms with Crippen LogP contribution < -0.4 is 10.2 Å². The normalized spacial score (nSPS) is 14.7. The summed E-state index contributed by atoms with van der Waals surface area (Å²) in [7, 11) is 0. The van der Waals surface area contributed by atoms with Gasteiger partial charge in [0.05, 0.1) is 11.3 Å². The molecule has 0 saturated carbocycles. The molecule has 152 valence electrons. The highest BCUT2D eigenvalue weighted by Crippen LogP contribution is 2.22. The van der Waals surface area contributed by atoms with E-state index >= 15 is 0 Å². The van der Waals surface area contributed by atoms with Gasteiger partial charge in [-0.25, -0.2) is 5.43 Å². The molecule has 2 aromatic rings. The van der Waals surface area contributed by atoms with E-state index in [-0.39, 0.29) is 5.91 Å². The van der Waals surface area contributed by atoms with Gasteiger partial charge >= 0.3 is 0 Å². The van der Waals surface area contributed by atoms with E-state index in [0.717, 1.165) is 37.0 Å². The Labute approximate surface area is 177 Å². The number of halogens is 1. The monoisotopic (exact) mass is 410 g/mol. The molecule has 0 saturated heterocycles. The van der Waals surface area contributed by atoms with Gasteiger partial charge in [0.25, 0.3) is 5.91 Å². The number of amides is 1. The van der Waals surface area contributed by atoms with Gasteiger partial charge in [-0.15, -0.1) is 0 Å². The number of benzene rings is 2. The van der Waals surface area contributed by atoms with Crippen LogP contribution in [0.25, 0.3) is 0 Å². The average Bonchev–Trinajstić information content (AvgIpc) is 3.19. The fourth-order valence-corrected chi connectivity index (χ4v) is 3.43. The second kappa shape index (κ2) is 10.8. The van der Waals surface area contributed by atoms with Crippen molar-refractivity contribution in [3.8, 4) is 5.75 Å². The van der Waals surface area contributed by atoms with Crippen LogP contribution in [0.3, 0.4) is 0 Å². The predicted octanol–water partition coefficient (Wildman–Crippen LogP) is 6.31. The summed E-state index contributed by atoms with van der Waals surface area (Å²) in [5, 5.41) is 5.09. The largest absolute Gasteiger partial charge is 0.488 e. The smallest absolute Gasteiger partial charge is 0.275 e. The molecule has 0 radical (unpaired) electrons. The minimum Gasteiger partial charge on any atom is -0.488 e. The third-order valence-corrected chi connectivity index (χ3v) is 5.18. The summed E-state index contributed by atoms with van der Waals surface area (Å²) in [4.78, 5) is 12.7. The molecule has 0 unspecified atom stereocenters. The Morgan fingerprint density at radius 3 is 2.72 bits per heavy atom. The van der Waals surface area contributed by atoms with Gasteiger partial charge in [0.15, 0.2) is 0 Å². The van der Waals surface area contributed by atoms with E-state index in [1.54, 1.807) is 12.1 Å². The number of hydrazone groups is 1. The van der Waals surface area contributed by atoms with Crippen LogP contribution in [-0.2, 0) is 6.61 Å². The quantitative estimate of drug-likeness (QED) is 0.389. The van der Waals surface area contributed by atoms with E-state index in [0.29, 0.717) is 22.9 Å². The zero-order chi connectivity index (χ0) is 20.5. The summed E-state index contributed by atoms with van der Waals surface area (Å²) in [6.07, 6.45) is 8.73. The van der Waals surface area contributed by atoms with E-state index in [9.17, 15) is 4.79 Å². The van der Waals surface area contributed by atoms with Crippen LogP contribution in [0.2, 0.25) is 5.02 Å². The standard InChI is InChI=1S/C24H27ClN2O2/c1-2-3-4-8-19-9-7-11-22(19)26-27-24(28)21-10-5-6-12-23(21)29-17-18-13-15-20(25)16-14-18/h5-6,9-10,12-16H,2-4,7-8,11,17H2,1H3,(H,27,28)/b26-22+. The molecule has 0 heterocycles. The lowest BCUT2D eigenvalue weighted by Gasteiger charge is -2.11. The van der Waals surface area contributed by atoms with Gasteiger partial charge in [-0.05, 0) is 61.1 Å². The van der Waals surface area contributed by atoms with Gasteiger partial charge in [-0.1, -0.05) is 61.7 Å². The van der Waals surface area contributed by atoms with Crippen molar-refractivity contribution in [1.29, 1.82) is 0 Å². The van der Waals surface area contributed by atoms with Gasteiger partial charge in [-0.3, -0.25) is 4.79 Å². The molecule has 0 fully saturated rings. The molecule has 29 heavy (non-hydrogen) atoms. The zero-order valence-corrected chi connectivity index (χ0v) is 17.5. The van der Waals surface area contributed by atoms with Crippen LogP contribution in [0.5, 0.6) is 5.75 Å². The number of nitrogens with one attached hydrogen (secondary N) is 1. The molecule has 0 aliphatic heterocycles. The van der Waals surface area contributed by atoms with Crippen LogP contribution in [0.1, 0.15) is 61.4 Å². The molecule has 2 aromatic carbocycles. The first-order valence-corrected chi connectivity index (χ1v) is 10.6. The first-order valence-electron chi connectivity index (χ1n) is 10.2. The molecule has 4 nitrogen and oxygen atoms in total. The Hall–Kier alpha value is -2.59. The number of ether oxygens (including phenoxy) is 1. The first kappa shape index (κ1) is 21.1. The lowest BCUT2D eigenvalue weighted by molar-refractivity contribution is 0.0950. The van der Waals surface area contributed by atoms with Crippen molar-refractivity contribution in [3.63, 3.8) is 0 Å². The minimum atomic E-state index is -0.260. The van der Waals surface area contributed by atoms with Crippen LogP contribution in [0.4, 0.5) is 0 Å². The molecule has 0 aromatic heterocycles. The molecule has 0 bridgehead atoms. The maximum Gasteiger partial charge on any atom is 0.275 e. The topological polar surface area (TPSA) is 50.7 Å². The summed E-state index contributed by atoms with van der Waals surface area (Å²) < 4.78 is 5.88. The number of hydrogen-bond donors (Lipinski definition) is 1. The van der Waals surface area contributed by atoms with Crippen molar-refractivity contribution in [2.24, 2.45) is 5.10 Å². The lowest BCUT2D eigenvalue weighted by atomic mass is 10.1. The fraction of sp³-hybridized carbons (Fsp3) is 0.333. The molecule has 1 N–H and O–H groups in total. The van der Waals surface area contributed by atoms with Gasteiger partial charge < -0.3 is 4.74 Å². The van der Waals surface area contributed by atoms with Gasteiger partial charge in [0, 0.05) is 5.02 Å². The number of hydrogen-bond acceptors (Lipinski definition) is 3. The molecule has 0 atom stereocenters. The molecule has 3 rings (SSSR count). The van der Waals surface area contributed by atoms with Crippen LogP contribution in [-0.4, -0.2) is 11.6 Å². The van der Waals surface area contributed by atoms with Gasteiger partial charge in [0.1, 0.15) is 12.4 Å². The number of carbonyl (C=O) groups excluding carboxylic acids is 1. The fourth-order valence-electron chi connectivity index (χ4n) is 3.30. The molecule has 5 heteroatoms. The van der Waals surface area contributed by atoms with Crippen molar-refractivity contribution in [2.75, 3.05) is 0 Å². The van der Waals surface area contributed by atoms with Crippen LogP contribution >= 0.6 is 11.6 Å².